The minimum atomic E-state index is -0.541. The Morgan fingerprint density at radius 2 is 2.00 bits per heavy atom. The van der Waals surface area contributed by atoms with E-state index in [0.29, 0.717) is 34.1 Å². The summed E-state index contributed by atoms with van der Waals surface area (Å²) in [7, 11) is 0. The van der Waals surface area contributed by atoms with Crippen LogP contribution < -0.4 is 21.9 Å². The van der Waals surface area contributed by atoms with Crippen LogP contribution in [0, 0.1) is 6.92 Å². The summed E-state index contributed by atoms with van der Waals surface area (Å²) < 4.78 is 0. The molecule has 1 aliphatic rings. The average Bonchev–Trinajstić information content (AvgIpc) is 2.70. The second-order valence-electron chi connectivity index (χ2n) is 7.09. The molecule has 1 aliphatic heterocycles. The Labute approximate surface area is 161 Å². The lowest BCUT2D eigenvalue weighted by Gasteiger charge is -2.25. The average molecular weight is 378 g/mol. The fraction of sp³-hybridized carbons (Fsp3) is 0.300. The predicted octanol–water partition coefficient (Wildman–Crippen LogP) is 1.56. The van der Waals surface area contributed by atoms with E-state index >= 15 is 0 Å². The van der Waals surface area contributed by atoms with Crippen molar-refractivity contribution < 1.29 is 4.79 Å². The molecule has 0 atom stereocenters. The van der Waals surface area contributed by atoms with Crippen LogP contribution in [0.25, 0.3) is 22.0 Å². The van der Waals surface area contributed by atoms with E-state index in [-0.39, 0.29) is 5.56 Å². The molecule has 144 valence electrons. The summed E-state index contributed by atoms with van der Waals surface area (Å²) in [5, 5.41) is 7.64. The van der Waals surface area contributed by atoms with Gasteiger partial charge < -0.3 is 21.4 Å². The number of primary amides is 1. The van der Waals surface area contributed by atoms with Gasteiger partial charge in [-0.15, -0.1) is 0 Å². The molecule has 1 amide bonds. The highest BCUT2D eigenvalue weighted by Crippen LogP contribution is 2.31. The fourth-order valence-electron chi connectivity index (χ4n) is 3.52. The summed E-state index contributed by atoms with van der Waals surface area (Å²) in [6, 6.07) is 3.83. The van der Waals surface area contributed by atoms with Gasteiger partial charge in [0.15, 0.2) is 5.82 Å². The number of amides is 1. The van der Waals surface area contributed by atoms with Crippen molar-refractivity contribution in [3.8, 4) is 11.1 Å². The number of anilines is 1. The van der Waals surface area contributed by atoms with Crippen LogP contribution in [0.1, 0.15) is 28.8 Å². The van der Waals surface area contributed by atoms with Crippen molar-refractivity contribution in [3.63, 3.8) is 0 Å². The van der Waals surface area contributed by atoms with Crippen molar-refractivity contribution in [3.05, 3.63) is 52.2 Å². The number of rotatable bonds is 4. The maximum Gasteiger partial charge on any atom is 0.251 e. The van der Waals surface area contributed by atoms with Crippen LogP contribution >= 0.6 is 0 Å². The minimum absolute atomic E-state index is 0.149. The first kappa shape index (κ1) is 18.1. The fourth-order valence-corrected chi connectivity index (χ4v) is 3.52. The van der Waals surface area contributed by atoms with Gasteiger partial charge in [-0.05, 0) is 45.0 Å². The molecule has 1 saturated heterocycles. The lowest BCUT2D eigenvalue weighted by atomic mass is 10.0. The number of piperidine rings is 1. The van der Waals surface area contributed by atoms with E-state index in [1.54, 1.807) is 25.4 Å². The van der Waals surface area contributed by atoms with E-state index in [9.17, 15) is 9.59 Å². The largest absolute Gasteiger partial charge is 0.366 e. The van der Waals surface area contributed by atoms with Gasteiger partial charge in [0.05, 0.1) is 11.1 Å². The molecule has 0 radical (unpaired) electrons. The van der Waals surface area contributed by atoms with Crippen molar-refractivity contribution in [2.24, 2.45) is 5.73 Å². The zero-order chi connectivity index (χ0) is 19.7. The lowest BCUT2D eigenvalue weighted by molar-refractivity contribution is 0.1000. The number of nitrogens with zero attached hydrogens (tertiary/aromatic N) is 2. The van der Waals surface area contributed by atoms with Crippen LogP contribution in [0.15, 0.2) is 35.5 Å². The predicted molar refractivity (Wildman–Crippen MR) is 108 cm³/mol. The first-order valence-corrected chi connectivity index (χ1v) is 9.28. The van der Waals surface area contributed by atoms with Gasteiger partial charge in [-0.2, -0.15) is 0 Å². The molecule has 28 heavy (non-hydrogen) atoms. The molecule has 0 aliphatic carbocycles. The second kappa shape index (κ2) is 7.40. The molecule has 0 bridgehead atoms. The second-order valence-corrected chi connectivity index (χ2v) is 7.09. The smallest absolute Gasteiger partial charge is 0.251 e. The number of carbonyl (C=O) groups excluding carboxylic acids is 1. The first-order chi connectivity index (χ1) is 13.5. The van der Waals surface area contributed by atoms with Crippen molar-refractivity contribution in [2.75, 3.05) is 18.4 Å². The number of hydrogen-bond donors (Lipinski definition) is 4. The third kappa shape index (κ3) is 3.46. The quantitative estimate of drug-likeness (QED) is 0.546. The number of aromatic amines is 1. The highest BCUT2D eigenvalue weighted by atomic mass is 16.1. The Morgan fingerprint density at radius 1 is 1.21 bits per heavy atom. The Hall–Kier alpha value is -3.26. The Bertz CT molecular complexity index is 1100. The normalized spacial score (nSPS) is 14.9. The molecule has 0 unspecified atom stereocenters. The number of H-pyrrole nitrogens is 1. The zero-order valence-corrected chi connectivity index (χ0v) is 15.6. The summed E-state index contributed by atoms with van der Waals surface area (Å²) in [6.45, 7) is 3.67. The summed E-state index contributed by atoms with van der Waals surface area (Å²) in [5.41, 5.74) is 8.31. The van der Waals surface area contributed by atoms with E-state index in [0.717, 1.165) is 36.9 Å². The number of carbonyl (C=O) groups is 1. The van der Waals surface area contributed by atoms with Crippen molar-refractivity contribution >= 4 is 22.6 Å². The molecule has 1 fully saturated rings. The summed E-state index contributed by atoms with van der Waals surface area (Å²) >= 11 is 0. The van der Waals surface area contributed by atoms with Gasteiger partial charge in [-0.3, -0.25) is 14.6 Å². The summed E-state index contributed by atoms with van der Waals surface area (Å²) in [6.07, 6.45) is 6.81. The monoisotopic (exact) mass is 378 g/mol. The van der Waals surface area contributed by atoms with Gasteiger partial charge in [0.25, 0.3) is 5.56 Å². The molecule has 4 heterocycles. The third-order valence-electron chi connectivity index (χ3n) is 5.09. The highest BCUT2D eigenvalue weighted by molar-refractivity contribution is 6.01. The van der Waals surface area contributed by atoms with E-state index < -0.39 is 5.91 Å². The number of fused-ring (bicyclic) bond motifs is 1. The van der Waals surface area contributed by atoms with Crippen molar-refractivity contribution in [1.82, 2.24) is 20.3 Å². The summed E-state index contributed by atoms with van der Waals surface area (Å²) in [4.78, 5) is 35.5. The van der Waals surface area contributed by atoms with Gasteiger partial charge in [0.2, 0.25) is 5.91 Å². The number of aromatic nitrogens is 3. The molecule has 3 aromatic rings. The SMILES string of the molecule is Cc1cc2c(-c3cncc(C(N)=O)c3)cnc(NC3CCNCC3)c2[nH]c1=O. The van der Waals surface area contributed by atoms with Crippen LogP contribution in [0.5, 0.6) is 0 Å². The van der Waals surface area contributed by atoms with Crippen LogP contribution in [-0.4, -0.2) is 40.0 Å². The van der Waals surface area contributed by atoms with Gasteiger partial charge in [0, 0.05) is 46.7 Å². The lowest BCUT2D eigenvalue weighted by Crippen LogP contribution is -2.35. The van der Waals surface area contributed by atoms with E-state index in [2.05, 4.69) is 25.6 Å². The maximum absolute atomic E-state index is 12.3. The van der Waals surface area contributed by atoms with Gasteiger partial charge in [0.1, 0.15) is 0 Å². The van der Waals surface area contributed by atoms with E-state index in [1.807, 2.05) is 6.07 Å². The minimum Gasteiger partial charge on any atom is -0.366 e. The molecule has 0 spiro atoms. The maximum atomic E-state index is 12.3. The van der Waals surface area contributed by atoms with E-state index in [1.165, 1.54) is 6.20 Å². The topological polar surface area (TPSA) is 126 Å². The Balaban J connectivity index is 1.85. The number of nitrogens with two attached hydrogens (primary N) is 1. The van der Waals surface area contributed by atoms with Gasteiger partial charge in [-0.25, -0.2) is 4.98 Å². The molecule has 4 rings (SSSR count). The molecule has 8 heteroatoms. The highest BCUT2D eigenvalue weighted by Gasteiger charge is 2.17. The standard InChI is InChI=1S/C20H22N6O2/c1-11-6-15-16(12-7-13(18(21)27)9-23-8-12)10-24-19(17(15)26-20(11)28)25-14-2-4-22-5-3-14/h6-10,14,22H,2-5H2,1H3,(H2,21,27)(H,24,25)(H,26,28). The first-order valence-electron chi connectivity index (χ1n) is 9.28. The molecular weight excluding hydrogens is 356 g/mol. The number of aryl methyl sites for hydroxylation is 1. The van der Waals surface area contributed by atoms with Crippen LogP contribution in [0.4, 0.5) is 5.82 Å². The number of pyridine rings is 3. The Kier molecular flexibility index (Phi) is 4.79. The van der Waals surface area contributed by atoms with Gasteiger partial charge >= 0.3 is 0 Å². The number of hydrogen-bond acceptors (Lipinski definition) is 6. The molecule has 8 nitrogen and oxygen atoms in total. The van der Waals surface area contributed by atoms with Crippen molar-refractivity contribution in [1.29, 1.82) is 0 Å². The zero-order valence-electron chi connectivity index (χ0n) is 15.6. The van der Waals surface area contributed by atoms with Crippen LogP contribution in [-0.2, 0) is 0 Å². The number of nitrogens with one attached hydrogen (secondary N) is 3. The molecular formula is C20H22N6O2. The van der Waals surface area contributed by atoms with Gasteiger partial charge in [-0.1, -0.05) is 0 Å². The Morgan fingerprint density at radius 3 is 2.75 bits per heavy atom. The summed E-state index contributed by atoms with van der Waals surface area (Å²) in [5.74, 6) is 0.113. The molecule has 0 saturated carbocycles. The van der Waals surface area contributed by atoms with Crippen LogP contribution in [0.3, 0.4) is 0 Å². The molecule has 0 aromatic carbocycles. The third-order valence-corrected chi connectivity index (χ3v) is 5.09. The molecule has 3 aromatic heterocycles. The van der Waals surface area contributed by atoms with Crippen molar-refractivity contribution in [2.45, 2.75) is 25.8 Å². The molecule has 5 N–H and O–H groups in total. The van der Waals surface area contributed by atoms with Crippen LogP contribution in [0.2, 0.25) is 0 Å². The van der Waals surface area contributed by atoms with E-state index in [4.69, 9.17) is 5.73 Å².